The quantitative estimate of drug-likeness (QED) is 0.877. The number of pyridine rings is 1. The van der Waals surface area contributed by atoms with Crippen LogP contribution >= 0.6 is 0 Å². The van der Waals surface area contributed by atoms with Crippen LogP contribution in [0.1, 0.15) is 19.8 Å². The topological polar surface area (TPSA) is 38.6 Å². The van der Waals surface area contributed by atoms with Gasteiger partial charge in [-0.1, -0.05) is 6.07 Å². The molecule has 1 N–H and O–H groups in total. The number of nitrogens with one attached hydrogen (secondary N) is 1. The number of imidazole rings is 1. The van der Waals surface area contributed by atoms with Crippen LogP contribution in [0.25, 0.3) is 5.65 Å². The van der Waals surface area contributed by atoms with E-state index in [1.807, 2.05) is 31.5 Å². The molecule has 1 aliphatic carbocycles. The number of ether oxygens (including phenoxy) is 1. The van der Waals surface area contributed by atoms with Gasteiger partial charge in [0.1, 0.15) is 11.5 Å². The second-order valence-electron chi connectivity index (χ2n) is 4.46. The van der Waals surface area contributed by atoms with Gasteiger partial charge in [0.15, 0.2) is 0 Å². The van der Waals surface area contributed by atoms with Crippen molar-refractivity contribution in [3.8, 4) is 0 Å². The Hall–Kier alpha value is -1.55. The maximum absolute atomic E-state index is 5.56. The molecule has 0 aliphatic heterocycles. The molecule has 0 bridgehead atoms. The van der Waals surface area contributed by atoms with Gasteiger partial charge in [-0.05, 0) is 31.9 Å². The van der Waals surface area contributed by atoms with E-state index in [-0.39, 0.29) is 0 Å². The first-order valence-electron chi connectivity index (χ1n) is 6.17. The van der Waals surface area contributed by atoms with E-state index in [0.717, 1.165) is 30.9 Å². The Morgan fingerprint density at radius 2 is 2.35 bits per heavy atom. The Morgan fingerprint density at radius 3 is 3.18 bits per heavy atom. The molecule has 1 aliphatic rings. The zero-order chi connectivity index (χ0) is 11.7. The minimum absolute atomic E-state index is 0.444. The summed E-state index contributed by atoms with van der Waals surface area (Å²) in [5.74, 6) is 1.11. The van der Waals surface area contributed by atoms with E-state index in [1.54, 1.807) is 0 Å². The van der Waals surface area contributed by atoms with Crippen LogP contribution in [0, 0.1) is 0 Å². The summed E-state index contributed by atoms with van der Waals surface area (Å²) < 4.78 is 7.64. The molecule has 2 aromatic heterocycles. The zero-order valence-corrected chi connectivity index (χ0v) is 9.97. The molecule has 0 spiro atoms. The lowest BCUT2D eigenvalue weighted by Gasteiger charge is -2.36. The Labute approximate surface area is 101 Å². The van der Waals surface area contributed by atoms with Crippen molar-refractivity contribution >= 4 is 11.5 Å². The summed E-state index contributed by atoms with van der Waals surface area (Å²) in [4.78, 5) is 4.27. The van der Waals surface area contributed by atoms with E-state index >= 15 is 0 Å². The molecule has 2 aromatic rings. The number of aromatic nitrogens is 2. The molecule has 0 atom stereocenters. The smallest absolute Gasteiger partial charge is 0.138 e. The minimum atomic E-state index is 0.444. The highest BCUT2D eigenvalue weighted by Crippen LogP contribution is 2.26. The van der Waals surface area contributed by atoms with Crippen LogP contribution in [0.5, 0.6) is 0 Å². The first kappa shape index (κ1) is 10.6. The van der Waals surface area contributed by atoms with Crippen molar-refractivity contribution in [3.05, 3.63) is 30.6 Å². The molecule has 2 heterocycles. The number of rotatable bonds is 4. The van der Waals surface area contributed by atoms with Gasteiger partial charge in [0.05, 0.1) is 6.10 Å². The van der Waals surface area contributed by atoms with Crippen molar-refractivity contribution in [3.63, 3.8) is 0 Å². The highest BCUT2D eigenvalue weighted by Gasteiger charge is 2.29. The van der Waals surface area contributed by atoms with Gasteiger partial charge in [-0.2, -0.15) is 0 Å². The Balaban J connectivity index is 1.68. The third-order valence-corrected chi connectivity index (χ3v) is 3.28. The SMILES string of the molecule is CCOC1CC(Nc2cccc3nccn23)C1. The van der Waals surface area contributed by atoms with E-state index in [4.69, 9.17) is 4.74 Å². The fraction of sp³-hybridized carbons (Fsp3) is 0.462. The Morgan fingerprint density at radius 1 is 1.47 bits per heavy atom. The molecule has 90 valence electrons. The van der Waals surface area contributed by atoms with Gasteiger partial charge in [-0.25, -0.2) is 4.98 Å². The van der Waals surface area contributed by atoms with Crippen LogP contribution < -0.4 is 5.32 Å². The van der Waals surface area contributed by atoms with Crippen molar-refractivity contribution in [2.45, 2.75) is 31.9 Å². The number of hydrogen-bond donors (Lipinski definition) is 1. The van der Waals surface area contributed by atoms with Crippen LogP contribution in [0.4, 0.5) is 5.82 Å². The maximum atomic E-state index is 5.56. The largest absolute Gasteiger partial charge is 0.378 e. The lowest BCUT2D eigenvalue weighted by molar-refractivity contribution is 0.00291. The normalized spacial score (nSPS) is 23.6. The summed E-state index contributed by atoms with van der Waals surface area (Å²) >= 11 is 0. The number of hydrogen-bond acceptors (Lipinski definition) is 3. The summed E-state index contributed by atoms with van der Waals surface area (Å²) in [6, 6.07) is 6.65. The molecule has 0 amide bonds. The molecule has 0 saturated heterocycles. The van der Waals surface area contributed by atoms with Crippen molar-refractivity contribution < 1.29 is 4.74 Å². The summed E-state index contributed by atoms with van der Waals surface area (Å²) in [6.45, 7) is 2.86. The van der Waals surface area contributed by atoms with E-state index in [9.17, 15) is 0 Å². The van der Waals surface area contributed by atoms with Crippen LogP contribution in [-0.4, -0.2) is 28.1 Å². The van der Waals surface area contributed by atoms with Crippen molar-refractivity contribution in [2.24, 2.45) is 0 Å². The minimum Gasteiger partial charge on any atom is -0.378 e. The third-order valence-electron chi connectivity index (χ3n) is 3.28. The third kappa shape index (κ3) is 2.00. The highest BCUT2D eigenvalue weighted by molar-refractivity contribution is 5.50. The molecule has 3 rings (SSSR count). The van der Waals surface area contributed by atoms with Crippen LogP contribution in [0.15, 0.2) is 30.6 Å². The van der Waals surface area contributed by atoms with E-state index in [0.29, 0.717) is 12.1 Å². The molecular weight excluding hydrogens is 214 g/mol. The summed E-state index contributed by atoms with van der Waals surface area (Å²) in [5, 5.41) is 3.54. The van der Waals surface area contributed by atoms with Crippen molar-refractivity contribution in [1.82, 2.24) is 9.38 Å². The van der Waals surface area contributed by atoms with E-state index in [1.165, 1.54) is 0 Å². The van der Waals surface area contributed by atoms with Gasteiger partial charge in [-0.15, -0.1) is 0 Å². The highest BCUT2D eigenvalue weighted by atomic mass is 16.5. The molecule has 4 nitrogen and oxygen atoms in total. The maximum Gasteiger partial charge on any atom is 0.138 e. The second-order valence-corrected chi connectivity index (χ2v) is 4.46. The average molecular weight is 231 g/mol. The van der Waals surface area contributed by atoms with Gasteiger partial charge in [0, 0.05) is 25.0 Å². The van der Waals surface area contributed by atoms with Crippen LogP contribution in [-0.2, 0) is 4.74 Å². The summed E-state index contributed by atoms with van der Waals surface area (Å²) in [5.41, 5.74) is 0.982. The molecular formula is C13H17N3O. The molecule has 17 heavy (non-hydrogen) atoms. The lowest BCUT2D eigenvalue weighted by Crippen LogP contribution is -2.41. The van der Waals surface area contributed by atoms with Crippen molar-refractivity contribution in [2.75, 3.05) is 11.9 Å². The fourth-order valence-corrected chi connectivity index (χ4v) is 2.33. The van der Waals surface area contributed by atoms with Crippen LogP contribution in [0.2, 0.25) is 0 Å². The van der Waals surface area contributed by atoms with Gasteiger partial charge >= 0.3 is 0 Å². The number of anilines is 1. The van der Waals surface area contributed by atoms with E-state index < -0.39 is 0 Å². The first-order valence-corrected chi connectivity index (χ1v) is 6.17. The van der Waals surface area contributed by atoms with Gasteiger partial charge in [-0.3, -0.25) is 4.40 Å². The molecule has 0 radical (unpaired) electrons. The molecule has 0 aromatic carbocycles. The molecule has 4 heteroatoms. The number of fused-ring (bicyclic) bond motifs is 1. The van der Waals surface area contributed by atoms with Gasteiger partial charge < -0.3 is 10.1 Å². The average Bonchev–Trinajstić information content (AvgIpc) is 2.75. The zero-order valence-electron chi connectivity index (χ0n) is 9.97. The second kappa shape index (κ2) is 4.37. The number of nitrogens with zero attached hydrogens (tertiary/aromatic N) is 2. The van der Waals surface area contributed by atoms with Crippen LogP contribution in [0.3, 0.4) is 0 Å². The van der Waals surface area contributed by atoms with Gasteiger partial charge in [0.2, 0.25) is 0 Å². The predicted molar refractivity (Wildman–Crippen MR) is 67.3 cm³/mol. The standard InChI is InChI=1S/C13H17N3O/c1-2-17-11-8-10(9-11)15-13-5-3-4-12-14-6-7-16(12)13/h3-7,10-11,15H,2,8-9H2,1H3. The molecule has 0 unspecified atom stereocenters. The molecule has 1 fully saturated rings. The Kier molecular flexibility index (Phi) is 2.73. The van der Waals surface area contributed by atoms with Gasteiger partial charge in [0.25, 0.3) is 0 Å². The Bertz CT molecular complexity index is 502. The summed E-state index contributed by atoms with van der Waals surface area (Å²) in [6.07, 6.45) is 6.44. The predicted octanol–water partition coefficient (Wildman–Crippen LogP) is 2.31. The first-order chi connectivity index (χ1) is 8.36. The molecule has 1 saturated carbocycles. The van der Waals surface area contributed by atoms with Crippen molar-refractivity contribution in [1.29, 1.82) is 0 Å². The fourth-order valence-electron chi connectivity index (χ4n) is 2.33. The monoisotopic (exact) mass is 231 g/mol. The summed E-state index contributed by atoms with van der Waals surface area (Å²) in [7, 11) is 0. The van der Waals surface area contributed by atoms with E-state index in [2.05, 4.69) is 20.8 Å². The lowest BCUT2D eigenvalue weighted by atomic mass is 9.89.